The summed E-state index contributed by atoms with van der Waals surface area (Å²) in [5.74, 6) is 2.73. The molecule has 1 aliphatic heterocycles. The van der Waals surface area contributed by atoms with Crippen LogP contribution in [-0.2, 0) is 4.79 Å². The first-order valence-corrected chi connectivity index (χ1v) is 12.1. The number of carbonyl (C=O) groups is 1. The monoisotopic (exact) mass is 440 g/mol. The van der Waals surface area contributed by atoms with E-state index < -0.39 is 0 Å². The van der Waals surface area contributed by atoms with E-state index in [9.17, 15) is 4.79 Å². The number of hydrogen-bond acceptors (Lipinski definition) is 6. The number of benzene rings is 1. The molecule has 0 amide bonds. The van der Waals surface area contributed by atoms with Gasteiger partial charge in [0, 0.05) is 31.5 Å². The lowest BCUT2D eigenvalue weighted by Gasteiger charge is -2.25. The number of fused-ring (bicyclic) bond motifs is 3. The molecule has 2 atom stereocenters. The Bertz CT molecular complexity index is 897. The lowest BCUT2D eigenvalue weighted by atomic mass is 10.0. The van der Waals surface area contributed by atoms with E-state index >= 15 is 0 Å². The Hall–Kier alpha value is -2.63. The van der Waals surface area contributed by atoms with Crippen molar-refractivity contribution in [1.82, 2.24) is 9.97 Å². The molecule has 0 saturated heterocycles. The normalized spacial score (nSPS) is 16.6. The first-order chi connectivity index (χ1) is 15.5. The van der Waals surface area contributed by atoms with Gasteiger partial charge in [0.25, 0.3) is 0 Å². The van der Waals surface area contributed by atoms with E-state index in [1.807, 2.05) is 26.8 Å². The molecule has 1 aromatic heterocycles. The summed E-state index contributed by atoms with van der Waals surface area (Å²) in [5, 5.41) is 4.33. The van der Waals surface area contributed by atoms with Gasteiger partial charge in [-0.05, 0) is 44.4 Å². The topological polar surface area (TPSA) is 67.4 Å². The molecule has 1 aromatic carbocycles. The molecule has 0 spiro atoms. The van der Waals surface area contributed by atoms with Crippen LogP contribution in [-0.4, -0.2) is 42.0 Å². The highest BCUT2D eigenvalue weighted by atomic mass is 16.5. The fraction of sp³-hybridized carbons (Fsp3) is 0.577. The van der Waals surface area contributed by atoms with E-state index in [0.29, 0.717) is 5.92 Å². The molecular weight excluding hydrogens is 400 g/mol. The Morgan fingerprint density at radius 2 is 2.06 bits per heavy atom. The molecule has 0 bridgehead atoms. The van der Waals surface area contributed by atoms with Gasteiger partial charge in [-0.2, -0.15) is 0 Å². The van der Waals surface area contributed by atoms with Gasteiger partial charge < -0.3 is 15.0 Å². The van der Waals surface area contributed by atoms with Crippen LogP contribution in [0.1, 0.15) is 60.8 Å². The zero-order valence-corrected chi connectivity index (χ0v) is 20.6. The zero-order chi connectivity index (χ0) is 23.5. The summed E-state index contributed by atoms with van der Waals surface area (Å²) in [6.45, 7) is 16.2. The second-order valence-electron chi connectivity index (χ2n) is 8.45. The largest absolute Gasteiger partial charge is 0.490 e. The summed E-state index contributed by atoms with van der Waals surface area (Å²) in [5.41, 5.74) is 2.09. The molecule has 3 rings (SSSR count). The third-order valence-corrected chi connectivity index (χ3v) is 5.57. The van der Waals surface area contributed by atoms with Crippen LogP contribution >= 0.6 is 0 Å². The van der Waals surface area contributed by atoms with Gasteiger partial charge in [-0.1, -0.05) is 40.7 Å². The predicted octanol–water partition coefficient (Wildman–Crippen LogP) is 5.87. The number of anilines is 2. The lowest BCUT2D eigenvalue weighted by molar-refractivity contribution is -0.117. The first kappa shape index (κ1) is 25.6. The molecule has 0 aliphatic carbocycles. The highest BCUT2D eigenvalue weighted by molar-refractivity contribution is 5.99. The Balaban J connectivity index is 0.000000309. The minimum absolute atomic E-state index is 0.197. The van der Waals surface area contributed by atoms with E-state index in [-0.39, 0.29) is 11.7 Å². The van der Waals surface area contributed by atoms with E-state index in [1.165, 1.54) is 0 Å². The number of aromatic nitrogens is 2. The van der Waals surface area contributed by atoms with Crippen molar-refractivity contribution in [2.24, 2.45) is 11.8 Å². The van der Waals surface area contributed by atoms with Crippen molar-refractivity contribution >= 4 is 28.2 Å². The third-order valence-electron chi connectivity index (χ3n) is 5.57. The Kier molecular flexibility index (Phi) is 10.4. The van der Waals surface area contributed by atoms with Crippen LogP contribution in [0, 0.1) is 11.8 Å². The van der Waals surface area contributed by atoms with Crippen LogP contribution in [0.25, 0.3) is 10.9 Å². The van der Waals surface area contributed by atoms with Gasteiger partial charge in [-0.25, -0.2) is 9.97 Å². The summed E-state index contributed by atoms with van der Waals surface area (Å²) in [6.07, 6.45) is 8.21. The summed E-state index contributed by atoms with van der Waals surface area (Å²) < 4.78 is 6.18. The van der Waals surface area contributed by atoms with Crippen molar-refractivity contribution in [3.63, 3.8) is 0 Å². The number of ether oxygens (including phenoxy) is 1. The maximum absolute atomic E-state index is 11.0. The van der Waals surface area contributed by atoms with Crippen molar-refractivity contribution in [1.29, 1.82) is 0 Å². The summed E-state index contributed by atoms with van der Waals surface area (Å²) in [4.78, 5) is 22.3. The van der Waals surface area contributed by atoms with Gasteiger partial charge >= 0.3 is 0 Å². The van der Waals surface area contributed by atoms with Crippen molar-refractivity contribution in [2.45, 2.75) is 60.8 Å². The van der Waals surface area contributed by atoms with Crippen LogP contribution in [0.2, 0.25) is 0 Å². The summed E-state index contributed by atoms with van der Waals surface area (Å²) in [6, 6.07) is 4.20. The molecule has 0 fully saturated rings. The van der Waals surface area contributed by atoms with Gasteiger partial charge in [0.15, 0.2) is 11.5 Å². The summed E-state index contributed by atoms with van der Waals surface area (Å²) >= 11 is 0. The number of hydrogen-bond donors (Lipinski definition) is 1. The third kappa shape index (κ3) is 6.68. The average Bonchev–Trinajstić information content (AvgIpc) is 2.96. The predicted molar refractivity (Wildman–Crippen MR) is 135 cm³/mol. The molecule has 1 aliphatic rings. The van der Waals surface area contributed by atoms with Crippen LogP contribution in [0.15, 0.2) is 30.6 Å². The molecule has 0 saturated carbocycles. The van der Waals surface area contributed by atoms with E-state index in [4.69, 9.17) is 4.74 Å². The van der Waals surface area contributed by atoms with Crippen molar-refractivity contribution in [2.75, 3.05) is 36.5 Å². The van der Waals surface area contributed by atoms with E-state index in [0.717, 1.165) is 73.7 Å². The van der Waals surface area contributed by atoms with Crippen molar-refractivity contribution in [3.05, 3.63) is 30.6 Å². The zero-order valence-electron chi connectivity index (χ0n) is 20.6. The molecule has 32 heavy (non-hydrogen) atoms. The van der Waals surface area contributed by atoms with E-state index in [1.54, 1.807) is 12.4 Å². The smallest absolute Gasteiger partial charge is 0.158 e. The second-order valence-corrected chi connectivity index (χ2v) is 8.45. The highest BCUT2D eigenvalue weighted by Crippen LogP contribution is 2.40. The van der Waals surface area contributed by atoms with Gasteiger partial charge in [0.1, 0.15) is 12.1 Å². The van der Waals surface area contributed by atoms with Gasteiger partial charge in [-0.3, -0.25) is 4.79 Å². The number of carbonyl (C=O) groups excluding carboxylic acids is 1. The van der Waals surface area contributed by atoms with Gasteiger partial charge in [-0.15, -0.1) is 0 Å². The Morgan fingerprint density at radius 3 is 2.72 bits per heavy atom. The fourth-order valence-electron chi connectivity index (χ4n) is 3.64. The first-order valence-electron chi connectivity index (χ1n) is 12.1. The second kappa shape index (κ2) is 13.0. The fourth-order valence-corrected chi connectivity index (χ4v) is 3.64. The van der Waals surface area contributed by atoms with Crippen LogP contribution < -0.4 is 15.0 Å². The minimum atomic E-state index is 0.197. The van der Waals surface area contributed by atoms with Crippen molar-refractivity contribution < 1.29 is 9.53 Å². The molecule has 2 aromatic rings. The molecule has 6 nitrogen and oxygen atoms in total. The number of nitrogens with zero attached hydrogens (tertiary/aromatic N) is 3. The molecule has 0 radical (unpaired) electrons. The molecular formula is C26H40N4O2. The van der Waals surface area contributed by atoms with Gasteiger partial charge in [0.2, 0.25) is 0 Å². The average molecular weight is 441 g/mol. The lowest BCUT2D eigenvalue weighted by Crippen LogP contribution is -2.29. The molecule has 2 heterocycles. The van der Waals surface area contributed by atoms with Gasteiger partial charge in [0.05, 0.1) is 23.2 Å². The quantitative estimate of drug-likeness (QED) is 0.518. The minimum Gasteiger partial charge on any atom is -0.490 e. The number of rotatable bonds is 8. The van der Waals surface area contributed by atoms with Crippen LogP contribution in [0.5, 0.6) is 5.75 Å². The molecule has 2 unspecified atom stereocenters. The van der Waals surface area contributed by atoms with Crippen LogP contribution in [0.4, 0.5) is 11.5 Å². The number of allylic oxidation sites excluding steroid dienone is 2. The van der Waals surface area contributed by atoms with Crippen LogP contribution in [0.3, 0.4) is 0 Å². The maximum Gasteiger partial charge on any atom is 0.158 e. The van der Waals surface area contributed by atoms with E-state index in [2.05, 4.69) is 53.1 Å². The number of nitrogens with one attached hydrogen (secondary N) is 1. The Labute approximate surface area is 193 Å². The highest BCUT2D eigenvalue weighted by Gasteiger charge is 2.23. The molecule has 6 heteroatoms. The molecule has 176 valence electrons. The SMILES string of the molecule is CC/C=C/C(=O)C(C)CC.CCCN1CC(C)COc2c1ccc1ncnc(NCC)c21. The van der Waals surface area contributed by atoms with Crippen molar-refractivity contribution in [3.8, 4) is 5.75 Å². The number of ketones is 1. The molecule has 1 N–H and O–H groups in total. The standard InChI is InChI=1S/C17H24N4O.C9H16O/c1-4-8-21-9-12(3)10-22-16-14(21)7-6-13-15(16)17(18-5-2)20-11-19-13;1-4-6-7-9(10)8(3)5-2/h6-7,11-12H,4-5,8-10H2,1-3H3,(H,18,19,20);6-8H,4-5H2,1-3H3/b;7-6+. The maximum atomic E-state index is 11.0. The Morgan fingerprint density at radius 1 is 1.28 bits per heavy atom. The summed E-state index contributed by atoms with van der Waals surface area (Å²) in [7, 11) is 0.